The average Bonchev–Trinajstić information content (AvgIpc) is 3.01. The molecule has 0 unspecified atom stereocenters. The highest BCUT2D eigenvalue weighted by Gasteiger charge is 2.45. The quantitative estimate of drug-likeness (QED) is 0.787. The van der Waals surface area contributed by atoms with Crippen LogP contribution in [0.25, 0.3) is 0 Å². The number of nitrogens with zero attached hydrogens (tertiary/aromatic N) is 3. The van der Waals surface area contributed by atoms with Gasteiger partial charge in [0.25, 0.3) is 5.91 Å². The number of hydrogen-bond donors (Lipinski definition) is 0. The molecule has 1 aliphatic carbocycles. The zero-order chi connectivity index (χ0) is 16.7. The van der Waals surface area contributed by atoms with E-state index in [2.05, 4.69) is 4.98 Å². The number of fused-ring (bicyclic) bond motifs is 2. The smallest absolute Gasteiger partial charge is 0.259 e. The summed E-state index contributed by atoms with van der Waals surface area (Å²) in [5.74, 6) is 0.673. The lowest BCUT2D eigenvalue weighted by Crippen LogP contribution is -2.44. The Balaban J connectivity index is 1.54. The van der Waals surface area contributed by atoms with Crippen molar-refractivity contribution in [2.45, 2.75) is 44.2 Å². The number of likely N-dealkylation sites (N-methyl/N-ethyl adjacent to an activating group) is 1. The van der Waals surface area contributed by atoms with E-state index in [4.69, 9.17) is 4.74 Å². The van der Waals surface area contributed by atoms with E-state index in [1.165, 1.54) is 6.42 Å². The molecule has 2 atom stereocenters. The Morgan fingerprint density at radius 3 is 2.83 bits per heavy atom. The van der Waals surface area contributed by atoms with Crippen molar-refractivity contribution in [3.8, 4) is 5.88 Å². The molecule has 1 aromatic heterocycles. The predicted octanol–water partition coefficient (Wildman–Crippen LogP) is 1.71. The number of ether oxygens (including phenoxy) is 1. The van der Waals surface area contributed by atoms with Gasteiger partial charge in [0.2, 0.25) is 11.8 Å². The van der Waals surface area contributed by atoms with Crippen LogP contribution in [0, 0.1) is 5.92 Å². The lowest BCUT2D eigenvalue weighted by atomic mass is 9.88. The van der Waals surface area contributed by atoms with Gasteiger partial charge >= 0.3 is 0 Å². The number of hydrogen-bond acceptors (Lipinski definition) is 4. The van der Waals surface area contributed by atoms with Crippen molar-refractivity contribution >= 4 is 11.8 Å². The summed E-state index contributed by atoms with van der Waals surface area (Å²) in [4.78, 5) is 33.3. The largest absolute Gasteiger partial charge is 0.470 e. The molecule has 0 bridgehead atoms. The zero-order valence-electron chi connectivity index (χ0n) is 14.0. The molecule has 2 amide bonds. The van der Waals surface area contributed by atoms with E-state index in [9.17, 15) is 9.59 Å². The fourth-order valence-corrected chi connectivity index (χ4v) is 4.16. The summed E-state index contributed by atoms with van der Waals surface area (Å²) in [5, 5.41) is 0. The van der Waals surface area contributed by atoms with E-state index in [0.29, 0.717) is 24.5 Å². The molecule has 24 heavy (non-hydrogen) atoms. The number of pyridine rings is 1. The highest BCUT2D eigenvalue weighted by Crippen LogP contribution is 2.31. The molecule has 1 saturated carbocycles. The molecular weight excluding hydrogens is 306 g/mol. The summed E-state index contributed by atoms with van der Waals surface area (Å²) >= 11 is 0. The lowest BCUT2D eigenvalue weighted by molar-refractivity contribution is -0.135. The molecule has 1 saturated heterocycles. The third-order valence-corrected chi connectivity index (χ3v) is 5.59. The number of carbonyl (C=O) groups excluding carboxylic acids is 2. The van der Waals surface area contributed by atoms with Gasteiger partial charge in [-0.1, -0.05) is 19.3 Å². The Kier molecular flexibility index (Phi) is 3.90. The summed E-state index contributed by atoms with van der Waals surface area (Å²) < 4.78 is 6.02. The fourth-order valence-electron chi connectivity index (χ4n) is 4.16. The maximum atomic E-state index is 12.8. The van der Waals surface area contributed by atoms with Gasteiger partial charge < -0.3 is 14.5 Å². The summed E-state index contributed by atoms with van der Waals surface area (Å²) in [6.45, 7) is 1.09. The maximum Gasteiger partial charge on any atom is 0.259 e. The third kappa shape index (κ3) is 2.54. The van der Waals surface area contributed by atoms with Crippen molar-refractivity contribution in [1.82, 2.24) is 14.8 Å². The van der Waals surface area contributed by atoms with Crippen molar-refractivity contribution in [3.63, 3.8) is 0 Å². The molecule has 0 spiro atoms. The first-order chi connectivity index (χ1) is 11.6. The van der Waals surface area contributed by atoms with Crippen LogP contribution < -0.4 is 4.74 Å². The first-order valence-electron chi connectivity index (χ1n) is 8.83. The SMILES string of the molecule is CN1C(=O)c2cccnc2O[C@H]2CN(C(=O)C3CCCCC3)C[C@H]21. The highest BCUT2D eigenvalue weighted by atomic mass is 16.5. The summed E-state index contributed by atoms with van der Waals surface area (Å²) in [6, 6.07) is 3.38. The second-order valence-corrected chi connectivity index (χ2v) is 7.07. The van der Waals surface area contributed by atoms with Gasteiger partial charge in [-0.25, -0.2) is 4.98 Å². The molecule has 3 heterocycles. The number of amides is 2. The molecule has 2 fully saturated rings. The Morgan fingerprint density at radius 2 is 2.04 bits per heavy atom. The van der Waals surface area contributed by atoms with Gasteiger partial charge in [0.15, 0.2) is 0 Å². The molecule has 3 aliphatic rings. The standard InChI is InChI=1S/C18H23N3O3/c1-20-14-10-21(17(22)12-6-3-2-4-7-12)11-15(14)24-16-13(18(20)23)8-5-9-19-16/h5,8-9,12,14-15H,2-4,6-7,10-11H2,1H3/t14-,15+/m1/s1. The van der Waals surface area contributed by atoms with Crippen molar-refractivity contribution in [1.29, 1.82) is 0 Å². The van der Waals surface area contributed by atoms with Gasteiger partial charge in [-0.05, 0) is 25.0 Å². The molecule has 6 nitrogen and oxygen atoms in total. The van der Waals surface area contributed by atoms with E-state index >= 15 is 0 Å². The van der Waals surface area contributed by atoms with Gasteiger partial charge in [-0.2, -0.15) is 0 Å². The summed E-state index contributed by atoms with van der Waals surface area (Å²) in [5.41, 5.74) is 0.500. The highest BCUT2D eigenvalue weighted by molar-refractivity contribution is 5.97. The van der Waals surface area contributed by atoms with Crippen LogP contribution in [0.15, 0.2) is 18.3 Å². The van der Waals surface area contributed by atoms with Gasteiger partial charge in [0.05, 0.1) is 12.6 Å². The zero-order valence-corrected chi connectivity index (χ0v) is 14.0. The molecule has 0 aromatic carbocycles. The molecule has 0 radical (unpaired) electrons. The van der Waals surface area contributed by atoms with Crippen LogP contribution in [0.5, 0.6) is 5.88 Å². The number of aromatic nitrogens is 1. The molecule has 1 aromatic rings. The minimum absolute atomic E-state index is 0.0856. The van der Waals surface area contributed by atoms with Gasteiger partial charge in [0.1, 0.15) is 11.7 Å². The van der Waals surface area contributed by atoms with Crippen molar-refractivity contribution < 1.29 is 14.3 Å². The monoisotopic (exact) mass is 329 g/mol. The second-order valence-electron chi connectivity index (χ2n) is 7.07. The Hall–Kier alpha value is -2.11. The topological polar surface area (TPSA) is 62.7 Å². The molecule has 0 N–H and O–H groups in total. The minimum atomic E-state index is -0.206. The summed E-state index contributed by atoms with van der Waals surface area (Å²) in [6.07, 6.45) is 6.93. The van der Waals surface area contributed by atoms with E-state index in [1.807, 2.05) is 4.90 Å². The van der Waals surface area contributed by atoms with E-state index in [0.717, 1.165) is 25.7 Å². The predicted molar refractivity (Wildman–Crippen MR) is 87.7 cm³/mol. The van der Waals surface area contributed by atoms with Gasteiger partial charge in [-0.15, -0.1) is 0 Å². The normalized spacial score (nSPS) is 27.3. The minimum Gasteiger partial charge on any atom is -0.470 e. The first-order valence-corrected chi connectivity index (χ1v) is 8.83. The first kappa shape index (κ1) is 15.4. The average molecular weight is 329 g/mol. The summed E-state index contributed by atoms with van der Waals surface area (Å²) in [7, 11) is 1.79. The van der Waals surface area contributed by atoms with Crippen LogP contribution in [-0.2, 0) is 4.79 Å². The van der Waals surface area contributed by atoms with Crippen LogP contribution in [0.4, 0.5) is 0 Å². The number of rotatable bonds is 1. The third-order valence-electron chi connectivity index (χ3n) is 5.59. The maximum absolute atomic E-state index is 12.8. The van der Waals surface area contributed by atoms with Crippen LogP contribution in [-0.4, -0.2) is 58.9 Å². The van der Waals surface area contributed by atoms with Crippen molar-refractivity contribution in [2.24, 2.45) is 5.92 Å². The Bertz CT molecular complexity index is 657. The number of likely N-dealkylation sites (tertiary alicyclic amines) is 1. The Morgan fingerprint density at radius 1 is 1.25 bits per heavy atom. The van der Waals surface area contributed by atoms with Crippen LogP contribution in [0.3, 0.4) is 0 Å². The fraction of sp³-hybridized carbons (Fsp3) is 0.611. The van der Waals surface area contributed by atoms with Crippen molar-refractivity contribution in [2.75, 3.05) is 20.1 Å². The molecule has 2 aliphatic heterocycles. The molecule has 4 rings (SSSR count). The molecular formula is C18H23N3O3. The van der Waals surface area contributed by atoms with Crippen molar-refractivity contribution in [3.05, 3.63) is 23.9 Å². The lowest BCUT2D eigenvalue weighted by Gasteiger charge is -2.27. The van der Waals surface area contributed by atoms with Gasteiger partial charge in [-0.3, -0.25) is 9.59 Å². The molecule has 6 heteroatoms. The van der Waals surface area contributed by atoms with E-state index < -0.39 is 0 Å². The second kappa shape index (κ2) is 6.07. The van der Waals surface area contributed by atoms with Gasteiger partial charge in [0, 0.05) is 25.7 Å². The van der Waals surface area contributed by atoms with Crippen LogP contribution >= 0.6 is 0 Å². The van der Waals surface area contributed by atoms with E-state index in [-0.39, 0.29) is 29.9 Å². The number of carbonyl (C=O) groups is 2. The Labute approximate surface area is 141 Å². The van der Waals surface area contributed by atoms with Crippen LogP contribution in [0.1, 0.15) is 42.5 Å². The molecule has 128 valence electrons. The van der Waals surface area contributed by atoms with Crippen LogP contribution in [0.2, 0.25) is 0 Å². The van der Waals surface area contributed by atoms with E-state index in [1.54, 1.807) is 30.3 Å².